The molecule has 100 valence electrons. The monoisotopic (exact) mass is 289 g/mol. The van der Waals surface area contributed by atoms with Gasteiger partial charge in [-0.1, -0.05) is 36.6 Å². The van der Waals surface area contributed by atoms with Crippen molar-refractivity contribution in [3.05, 3.63) is 34.6 Å². The zero-order valence-electron chi connectivity index (χ0n) is 10.3. The van der Waals surface area contributed by atoms with E-state index in [4.69, 9.17) is 23.2 Å². The molecule has 2 unspecified atom stereocenters. The van der Waals surface area contributed by atoms with Crippen LogP contribution in [0.4, 0.5) is 4.39 Å². The van der Waals surface area contributed by atoms with E-state index in [0.29, 0.717) is 18.0 Å². The molecule has 1 N–H and O–H groups in total. The molecule has 0 spiro atoms. The number of hydrogen-bond acceptors (Lipinski definition) is 1. The first kappa shape index (κ1) is 14.1. The summed E-state index contributed by atoms with van der Waals surface area (Å²) in [4.78, 5) is 0. The lowest BCUT2D eigenvalue weighted by molar-refractivity contribution is 0.347. The highest BCUT2D eigenvalue weighted by Gasteiger charge is 2.22. The number of nitrogens with one attached hydrogen (secondary N) is 1. The Morgan fingerprint density at radius 1 is 1.28 bits per heavy atom. The molecule has 0 saturated heterocycles. The molecule has 0 heterocycles. The fourth-order valence-electron chi connectivity index (χ4n) is 2.47. The van der Waals surface area contributed by atoms with Crippen LogP contribution in [0.5, 0.6) is 0 Å². The van der Waals surface area contributed by atoms with Crippen molar-refractivity contribution in [1.82, 2.24) is 5.32 Å². The van der Waals surface area contributed by atoms with E-state index in [9.17, 15) is 4.39 Å². The van der Waals surface area contributed by atoms with Gasteiger partial charge in [-0.05, 0) is 31.4 Å². The molecule has 2 atom stereocenters. The minimum Gasteiger partial charge on any atom is -0.312 e. The highest BCUT2D eigenvalue weighted by molar-refractivity contribution is 6.30. The Labute approximate surface area is 118 Å². The van der Waals surface area contributed by atoms with Gasteiger partial charge in [-0.3, -0.25) is 0 Å². The molecule has 0 aliphatic heterocycles. The van der Waals surface area contributed by atoms with Crippen LogP contribution in [0.15, 0.2) is 18.2 Å². The molecule has 0 radical (unpaired) electrons. The van der Waals surface area contributed by atoms with Crippen molar-refractivity contribution >= 4 is 23.2 Å². The van der Waals surface area contributed by atoms with Gasteiger partial charge in [0, 0.05) is 17.5 Å². The molecule has 0 aromatic heterocycles. The second-order valence-electron chi connectivity index (χ2n) is 4.90. The zero-order chi connectivity index (χ0) is 13.0. The van der Waals surface area contributed by atoms with Crippen molar-refractivity contribution in [3.63, 3.8) is 0 Å². The lowest BCUT2D eigenvalue weighted by Crippen LogP contribution is -2.31. The minimum atomic E-state index is -0.322. The molecule has 1 nitrogen and oxygen atoms in total. The number of rotatable bonds is 4. The maximum Gasteiger partial charge on any atom is 0.146 e. The summed E-state index contributed by atoms with van der Waals surface area (Å²) in [7, 11) is 0. The van der Waals surface area contributed by atoms with Gasteiger partial charge in [0.05, 0.1) is 5.02 Å². The Kier molecular flexibility index (Phi) is 5.28. The van der Waals surface area contributed by atoms with Crippen LogP contribution in [0.2, 0.25) is 5.02 Å². The van der Waals surface area contributed by atoms with E-state index in [2.05, 4.69) is 5.32 Å². The lowest BCUT2D eigenvalue weighted by Gasteiger charge is -2.27. The van der Waals surface area contributed by atoms with Gasteiger partial charge in [-0.2, -0.15) is 0 Å². The highest BCUT2D eigenvalue weighted by atomic mass is 35.5. The molecule has 0 bridgehead atoms. The Hall–Kier alpha value is -0.310. The zero-order valence-corrected chi connectivity index (χ0v) is 11.8. The Bertz CT molecular complexity index is 397. The van der Waals surface area contributed by atoms with E-state index < -0.39 is 0 Å². The summed E-state index contributed by atoms with van der Waals surface area (Å²) in [5.41, 5.74) is 0.615. The van der Waals surface area contributed by atoms with Gasteiger partial charge < -0.3 is 5.32 Å². The van der Waals surface area contributed by atoms with Crippen LogP contribution in [0.25, 0.3) is 0 Å². The van der Waals surface area contributed by atoms with Crippen molar-refractivity contribution in [2.24, 2.45) is 5.92 Å². The average Bonchev–Trinajstić information content (AvgIpc) is 2.37. The van der Waals surface area contributed by atoms with Crippen molar-refractivity contribution in [2.75, 3.05) is 6.54 Å². The SMILES string of the molecule is Fc1c(Cl)cccc1CNCC1CCCCC1Cl. The van der Waals surface area contributed by atoms with Crippen LogP contribution in [-0.2, 0) is 6.54 Å². The van der Waals surface area contributed by atoms with Crippen LogP contribution in [-0.4, -0.2) is 11.9 Å². The smallest absolute Gasteiger partial charge is 0.146 e. The van der Waals surface area contributed by atoms with Gasteiger partial charge in [0.25, 0.3) is 0 Å². The van der Waals surface area contributed by atoms with Crippen LogP contribution in [0.3, 0.4) is 0 Å². The standard InChI is InChI=1S/C14H18Cl2FN/c15-12-6-2-1-4-10(12)8-18-9-11-5-3-7-13(16)14(11)17/h3,5,7,10,12,18H,1-2,4,6,8-9H2. The molecular formula is C14H18Cl2FN. The fourth-order valence-corrected chi connectivity index (χ4v) is 3.03. The number of halogens is 3. The maximum atomic E-state index is 13.6. The first-order valence-electron chi connectivity index (χ1n) is 6.46. The number of benzene rings is 1. The predicted octanol–water partition coefficient (Wildman–Crippen LogP) is 4.37. The van der Waals surface area contributed by atoms with Crippen molar-refractivity contribution in [2.45, 2.75) is 37.6 Å². The molecule has 4 heteroatoms. The number of hydrogen-bond donors (Lipinski definition) is 1. The first-order valence-corrected chi connectivity index (χ1v) is 7.27. The van der Waals surface area contributed by atoms with Crippen LogP contribution in [0, 0.1) is 11.7 Å². The quantitative estimate of drug-likeness (QED) is 0.812. The van der Waals surface area contributed by atoms with E-state index >= 15 is 0 Å². The van der Waals surface area contributed by atoms with Gasteiger partial charge in [0.1, 0.15) is 5.82 Å². The molecule has 1 aliphatic rings. The third-order valence-corrected chi connectivity index (χ3v) is 4.44. The normalized spacial score (nSPS) is 24.2. The third kappa shape index (κ3) is 3.59. The van der Waals surface area contributed by atoms with Crippen LogP contribution >= 0.6 is 23.2 Å². The molecule has 1 saturated carbocycles. The van der Waals surface area contributed by atoms with E-state index in [1.807, 2.05) is 0 Å². The summed E-state index contributed by atoms with van der Waals surface area (Å²) >= 11 is 12.0. The van der Waals surface area contributed by atoms with Gasteiger partial charge >= 0.3 is 0 Å². The largest absolute Gasteiger partial charge is 0.312 e. The van der Waals surface area contributed by atoms with Crippen LogP contribution < -0.4 is 5.32 Å². The van der Waals surface area contributed by atoms with Gasteiger partial charge in [0.2, 0.25) is 0 Å². The summed E-state index contributed by atoms with van der Waals surface area (Å²) in [6.07, 6.45) is 4.74. The summed E-state index contributed by atoms with van der Waals surface area (Å²) < 4.78 is 13.6. The average molecular weight is 290 g/mol. The Balaban J connectivity index is 1.83. The molecule has 1 aliphatic carbocycles. The Morgan fingerprint density at radius 2 is 2.06 bits per heavy atom. The summed E-state index contributed by atoms with van der Waals surface area (Å²) in [6, 6.07) is 5.09. The molecule has 0 amide bonds. The molecule has 2 rings (SSSR count). The second kappa shape index (κ2) is 6.74. The van der Waals surface area contributed by atoms with Gasteiger partial charge in [-0.25, -0.2) is 4.39 Å². The fraction of sp³-hybridized carbons (Fsp3) is 0.571. The molecule has 1 aromatic carbocycles. The number of alkyl halides is 1. The lowest BCUT2D eigenvalue weighted by atomic mass is 9.89. The Morgan fingerprint density at radius 3 is 2.83 bits per heavy atom. The predicted molar refractivity (Wildman–Crippen MR) is 74.7 cm³/mol. The van der Waals surface area contributed by atoms with Crippen LogP contribution in [0.1, 0.15) is 31.2 Å². The molecule has 1 aromatic rings. The maximum absolute atomic E-state index is 13.6. The first-order chi connectivity index (χ1) is 8.68. The summed E-state index contributed by atoms with van der Waals surface area (Å²) in [5, 5.41) is 3.73. The molecular weight excluding hydrogens is 272 g/mol. The second-order valence-corrected chi connectivity index (χ2v) is 5.87. The topological polar surface area (TPSA) is 12.0 Å². The summed E-state index contributed by atoms with van der Waals surface area (Å²) in [5.74, 6) is 0.181. The third-order valence-electron chi connectivity index (χ3n) is 3.57. The molecule has 18 heavy (non-hydrogen) atoms. The van der Waals surface area contributed by atoms with Gasteiger partial charge in [0.15, 0.2) is 0 Å². The van der Waals surface area contributed by atoms with Crippen molar-refractivity contribution < 1.29 is 4.39 Å². The van der Waals surface area contributed by atoms with E-state index in [-0.39, 0.29) is 16.2 Å². The van der Waals surface area contributed by atoms with E-state index in [0.717, 1.165) is 13.0 Å². The van der Waals surface area contributed by atoms with Gasteiger partial charge in [-0.15, -0.1) is 11.6 Å². The van der Waals surface area contributed by atoms with E-state index in [1.54, 1.807) is 18.2 Å². The van der Waals surface area contributed by atoms with E-state index in [1.165, 1.54) is 19.3 Å². The molecule has 1 fully saturated rings. The van der Waals surface area contributed by atoms with Crippen molar-refractivity contribution in [1.29, 1.82) is 0 Å². The highest BCUT2D eigenvalue weighted by Crippen LogP contribution is 2.28. The van der Waals surface area contributed by atoms with Crippen molar-refractivity contribution in [3.8, 4) is 0 Å². The minimum absolute atomic E-state index is 0.183. The summed E-state index contributed by atoms with van der Waals surface area (Å²) in [6.45, 7) is 1.35.